The van der Waals surface area contributed by atoms with Crippen molar-refractivity contribution < 1.29 is 9.53 Å². The fraction of sp³-hybridized carbons (Fsp3) is 0.176. The fourth-order valence-corrected chi connectivity index (χ4v) is 2.48. The average Bonchev–Trinajstić information content (AvgIpc) is 2.85. The molecule has 3 rings (SSSR count). The first-order valence-electron chi connectivity index (χ1n) is 6.81. The Morgan fingerprint density at radius 2 is 1.90 bits per heavy atom. The van der Waals surface area contributed by atoms with Gasteiger partial charge in [-0.05, 0) is 37.1 Å². The number of hydrogen-bond donors (Lipinski definition) is 0. The van der Waals surface area contributed by atoms with Gasteiger partial charge in [0.2, 0.25) is 0 Å². The number of benzene rings is 1. The third-order valence-corrected chi connectivity index (χ3v) is 3.52. The highest BCUT2D eigenvalue weighted by atomic mass is 16.5. The molecule has 0 N–H and O–H groups in total. The molecule has 0 saturated heterocycles. The first-order valence-corrected chi connectivity index (χ1v) is 6.81. The van der Waals surface area contributed by atoms with E-state index in [1.807, 2.05) is 60.8 Å². The third kappa shape index (κ3) is 2.40. The molecule has 0 bridgehead atoms. The normalized spacial score (nSPS) is 10.8. The molecule has 3 aromatic rings. The summed E-state index contributed by atoms with van der Waals surface area (Å²) in [7, 11) is 0. The Balaban J connectivity index is 1.94. The Morgan fingerprint density at radius 1 is 1.14 bits per heavy atom. The third-order valence-electron chi connectivity index (χ3n) is 3.52. The lowest BCUT2D eigenvalue weighted by molar-refractivity contribution is 0.112. The number of hydrogen-bond acceptors (Lipinski definition) is 3. The van der Waals surface area contributed by atoms with Crippen molar-refractivity contribution in [3.8, 4) is 5.75 Å². The van der Waals surface area contributed by atoms with Gasteiger partial charge in [-0.1, -0.05) is 24.3 Å². The van der Waals surface area contributed by atoms with Crippen LogP contribution in [-0.2, 0) is 6.61 Å². The Kier molecular flexibility index (Phi) is 3.44. The molecule has 106 valence electrons. The molecule has 0 aliphatic rings. The molecule has 0 fully saturated rings. The first kappa shape index (κ1) is 13.4. The molecular weight excluding hydrogens is 264 g/mol. The van der Waals surface area contributed by atoms with Gasteiger partial charge in [-0.3, -0.25) is 4.79 Å². The highest BCUT2D eigenvalue weighted by molar-refractivity contribution is 5.83. The van der Waals surface area contributed by atoms with E-state index in [1.54, 1.807) is 0 Å². The summed E-state index contributed by atoms with van der Waals surface area (Å²) in [5.41, 5.74) is 3.42. The van der Waals surface area contributed by atoms with Gasteiger partial charge in [-0.2, -0.15) is 0 Å². The molecule has 21 heavy (non-hydrogen) atoms. The second-order valence-corrected chi connectivity index (χ2v) is 5.00. The molecule has 0 aliphatic heterocycles. The van der Waals surface area contributed by atoms with Crippen LogP contribution >= 0.6 is 0 Å². The number of fused-ring (bicyclic) bond motifs is 1. The van der Waals surface area contributed by atoms with Crippen LogP contribution in [0, 0.1) is 13.8 Å². The van der Waals surface area contributed by atoms with Crippen LogP contribution in [0.3, 0.4) is 0 Å². The molecule has 4 heteroatoms. The smallest absolute Gasteiger partial charge is 0.170 e. The largest absolute Gasteiger partial charge is 0.485 e. The fourth-order valence-electron chi connectivity index (χ4n) is 2.48. The Labute approximate surface area is 123 Å². The van der Waals surface area contributed by atoms with Crippen molar-refractivity contribution in [1.29, 1.82) is 0 Å². The molecule has 2 heterocycles. The summed E-state index contributed by atoms with van der Waals surface area (Å²) < 4.78 is 7.81. The number of ether oxygens (including phenoxy) is 1. The van der Waals surface area contributed by atoms with Gasteiger partial charge in [0.15, 0.2) is 12.1 Å². The predicted molar refractivity (Wildman–Crippen MR) is 80.8 cm³/mol. The van der Waals surface area contributed by atoms with E-state index in [4.69, 9.17) is 4.74 Å². The minimum absolute atomic E-state index is 0.324. The van der Waals surface area contributed by atoms with Crippen LogP contribution < -0.4 is 4.74 Å². The molecule has 0 unspecified atom stereocenters. The molecule has 0 atom stereocenters. The highest BCUT2D eigenvalue weighted by Gasteiger charge is 2.11. The number of carbonyl (C=O) groups is 1. The lowest BCUT2D eigenvalue weighted by atomic mass is 10.1. The summed E-state index contributed by atoms with van der Waals surface area (Å²) in [5.74, 6) is 1.59. The molecule has 1 aromatic carbocycles. The van der Waals surface area contributed by atoms with Crippen molar-refractivity contribution in [2.24, 2.45) is 0 Å². The molecule has 0 radical (unpaired) electrons. The second-order valence-electron chi connectivity index (χ2n) is 5.00. The maximum atomic E-state index is 11.1. The Hall–Kier alpha value is -2.62. The minimum Gasteiger partial charge on any atom is -0.485 e. The van der Waals surface area contributed by atoms with E-state index in [1.165, 1.54) is 0 Å². The number of aryl methyl sites for hydroxylation is 2. The zero-order valence-electron chi connectivity index (χ0n) is 12.0. The van der Waals surface area contributed by atoms with E-state index < -0.39 is 0 Å². The van der Waals surface area contributed by atoms with Crippen LogP contribution in [0.25, 0.3) is 5.52 Å². The van der Waals surface area contributed by atoms with Gasteiger partial charge in [0.1, 0.15) is 18.1 Å². The van der Waals surface area contributed by atoms with E-state index in [0.29, 0.717) is 12.3 Å². The number of para-hydroxylation sites is 1. The number of aldehydes is 1. The number of carbonyl (C=O) groups excluding carboxylic acids is 1. The van der Waals surface area contributed by atoms with Crippen molar-refractivity contribution in [1.82, 2.24) is 9.38 Å². The number of pyridine rings is 1. The van der Waals surface area contributed by atoms with E-state index in [2.05, 4.69) is 4.98 Å². The maximum absolute atomic E-state index is 11.1. The summed E-state index contributed by atoms with van der Waals surface area (Å²) in [5, 5.41) is 0. The molecular formula is C17H16N2O2. The van der Waals surface area contributed by atoms with Crippen LogP contribution in [0.2, 0.25) is 0 Å². The van der Waals surface area contributed by atoms with Crippen LogP contribution in [0.4, 0.5) is 0 Å². The van der Waals surface area contributed by atoms with Crippen LogP contribution in [0.1, 0.15) is 27.4 Å². The number of aromatic nitrogens is 2. The van der Waals surface area contributed by atoms with E-state index in [0.717, 1.165) is 34.5 Å². The molecule has 2 aromatic heterocycles. The Morgan fingerprint density at radius 3 is 2.62 bits per heavy atom. The number of rotatable bonds is 4. The lowest BCUT2D eigenvalue weighted by Gasteiger charge is -2.11. The number of imidazole rings is 1. The van der Waals surface area contributed by atoms with Gasteiger partial charge in [0.05, 0.1) is 5.52 Å². The van der Waals surface area contributed by atoms with Crippen molar-refractivity contribution in [3.63, 3.8) is 0 Å². The van der Waals surface area contributed by atoms with Crippen molar-refractivity contribution >= 4 is 11.8 Å². The first-order chi connectivity index (χ1) is 10.2. The van der Waals surface area contributed by atoms with Crippen LogP contribution in [-0.4, -0.2) is 15.7 Å². The topological polar surface area (TPSA) is 43.6 Å². The summed E-state index contributed by atoms with van der Waals surface area (Å²) in [6.07, 6.45) is 2.66. The highest BCUT2D eigenvalue weighted by Crippen LogP contribution is 2.23. The van der Waals surface area contributed by atoms with Gasteiger partial charge in [0.25, 0.3) is 0 Å². The predicted octanol–water partition coefficient (Wildman–Crippen LogP) is 3.34. The zero-order valence-corrected chi connectivity index (χ0v) is 12.0. The summed E-state index contributed by atoms with van der Waals surface area (Å²) >= 11 is 0. The van der Waals surface area contributed by atoms with Crippen molar-refractivity contribution in [3.05, 3.63) is 65.2 Å². The molecule has 0 aliphatic carbocycles. The van der Waals surface area contributed by atoms with E-state index >= 15 is 0 Å². The summed E-state index contributed by atoms with van der Waals surface area (Å²) in [6.45, 7) is 4.36. The van der Waals surface area contributed by atoms with Crippen LogP contribution in [0.5, 0.6) is 5.75 Å². The molecule has 4 nitrogen and oxygen atoms in total. The maximum Gasteiger partial charge on any atom is 0.170 e. The van der Waals surface area contributed by atoms with E-state index in [9.17, 15) is 4.79 Å². The van der Waals surface area contributed by atoms with Crippen LogP contribution in [0.15, 0.2) is 42.6 Å². The summed E-state index contributed by atoms with van der Waals surface area (Å²) in [4.78, 5) is 15.5. The molecule has 0 saturated carbocycles. The Bertz CT molecular complexity index is 785. The van der Waals surface area contributed by atoms with Gasteiger partial charge in [-0.15, -0.1) is 0 Å². The van der Waals surface area contributed by atoms with Gasteiger partial charge in [-0.25, -0.2) is 4.98 Å². The standard InChI is InChI=1S/C17H16N2O2/c1-12-6-5-7-13(2)17(12)21-11-16-18-14(10-20)15-8-3-4-9-19(15)16/h3-10H,11H2,1-2H3. The van der Waals surface area contributed by atoms with Gasteiger partial charge >= 0.3 is 0 Å². The van der Waals surface area contributed by atoms with Gasteiger partial charge in [0, 0.05) is 6.20 Å². The second kappa shape index (κ2) is 5.40. The van der Waals surface area contributed by atoms with E-state index in [-0.39, 0.29) is 0 Å². The minimum atomic E-state index is 0.324. The monoisotopic (exact) mass is 280 g/mol. The zero-order chi connectivity index (χ0) is 14.8. The number of nitrogens with zero attached hydrogens (tertiary/aromatic N) is 2. The molecule has 0 spiro atoms. The van der Waals surface area contributed by atoms with Crippen molar-refractivity contribution in [2.45, 2.75) is 20.5 Å². The molecule has 0 amide bonds. The van der Waals surface area contributed by atoms with Crippen molar-refractivity contribution in [2.75, 3.05) is 0 Å². The quantitative estimate of drug-likeness (QED) is 0.688. The van der Waals surface area contributed by atoms with Gasteiger partial charge < -0.3 is 9.14 Å². The SMILES string of the molecule is Cc1cccc(C)c1OCc1nc(C=O)c2ccccn12. The lowest BCUT2D eigenvalue weighted by Crippen LogP contribution is -2.03. The summed E-state index contributed by atoms with van der Waals surface area (Å²) in [6, 6.07) is 11.7. The average molecular weight is 280 g/mol.